The summed E-state index contributed by atoms with van der Waals surface area (Å²) in [5.41, 5.74) is 2.33. The molecule has 0 amide bonds. The maximum absolute atomic E-state index is 5.68. The molecule has 6 heterocycles. The third-order valence-electron chi connectivity index (χ3n) is 4.43. The summed E-state index contributed by atoms with van der Waals surface area (Å²) in [4.78, 5) is 2.43. The monoisotopic (exact) mass is 412 g/mol. The van der Waals surface area contributed by atoms with Crippen LogP contribution in [0.4, 0.5) is 0 Å². The zero-order valence-corrected chi connectivity index (χ0v) is 17.2. The van der Waals surface area contributed by atoms with E-state index in [2.05, 4.69) is 38.1 Å². The van der Waals surface area contributed by atoms with Gasteiger partial charge in [-0.25, -0.2) is 0 Å². The van der Waals surface area contributed by atoms with E-state index < -0.39 is 0 Å². The van der Waals surface area contributed by atoms with Crippen LogP contribution in [0.15, 0.2) is 45.6 Å². The molecule has 128 valence electrons. The molecule has 0 spiro atoms. The van der Waals surface area contributed by atoms with Crippen LogP contribution in [0.1, 0.15) is 11.1 Å². The summed E-state index contributed by atoms with van der Waals surface area (Å²) >= 11 is 7.45. The Bertz CT molecular complexity index is 1300. The van der Waals surface area contributed by atoms with Gasteiger partial charge in [-0.1, -0.05) is 0 Å². The highest BCUT2D eigenvalue weighted by molar-refractivity contribution is 7.50. The Morgan fingerprint density at radius 1 is 0.615 bits per heavy atom. The molecule has 0 aliphatic carbocycles. The highest BCUT2D eigenvalue weighted by Crippen LogP contribution is 2.51. The van der Waals surface area contributed by atoms with E-state index in [1.165, 1.54) is 49.1 Å². The lowest BCUT2D eigenvalue weighted by atomic mass is 10.2. The fourth-order valence-electron chi connectivity index (χ4n) is 3.21. The van der Waals surface area contributed by atoms with E-state index in [1.807, 2.05) is 57.9 Å². The Morgan fingerprint density at radius 2 is 1.08 bits per heavy atom. The van der Waals surface area contributed by atoms with Gasteiger partial charge in [-0.3, -0.25) is 0 Å². The van der Waals surface area contributed by atoms with Crippen molar-refractivity contribution in [2.75, 3.05) is 0 Å². The third kappa shape index (κ3) is 2.13. The number of thiophene rings is 4. The first-order chi connectivity index (χ1) is 12.7. The quantitative estimate of drug-likeness (QED) is 0.285. The van der Waals surface area contributed by atoms with Crippen molar-refractivity contribution >= 4 is 73.5 Å². The van der Waals surface area contributed by atoms with Crippen molar-refractivity contribution < 1.29 is 8.83 Å². The molecule has 0 aromatic carbocycles. The van der Waals surface area contributed by atoms with Crippen LogP contribution in [0.25, 0.3) is 49.5 Å². The van der Waals surface area contributed by atoms with Gasteiger partial charge in [-0.2, -0.15) is 0 Å². The van der Waals surface area contributed by atoms with E-state index in [0.29, 0.717) is 0 Å². The number of hydrogen-bond acceptors (Lipinski definition) is 6. The van der Waals surface area contributed by atoms with Crippen molar-refractivity contribution in [3.63, 3.8) is 0 Å². The van der Waals surface area contributed by atoms with Crippen LogP contribution in [0.3, 0.4) is 0 Å². The maximum Gasteiger partial charge on any atom is 0.144 e. The summed E-state index contributed by atoms with van der Waals surface area (Å²) in [6.45, 7) is 4.12. The first-order valence-electron chi connectivity index (χ1n) is 8.15. The normalized spacial score (nSPS) is 12.2. The van der Waals surface area contributed by atoms with Crippen LogP contribution in [-0.2, 0) is 0 Å². The maximum atomic E-state index is 5.68. The van der Waals surface area contributed by atoms with Gasteiger partial charge in [0.15, 0.2) is 0 Å². The SMILES string of the molecule is Cc1coc(-c2cc3c(s2)sc2c4cc(-c5cc(C)co5)sc4sc32)c1. The third-order valence-corrected chi connectivity index (χ3v) is 9.51. The first-order valence-corrected chi connectivity index (χ1v) is 11.4. The molecular formula is C20H12O2S4. The number of hydrogen-bond donors (Lipinski definition) is 0. The highest BCUT2D eigenvalue weighted by Gasteiger charge is 2.19. The molecule has 0 unspecified atom stereocenters. The van der Waals surface area contributed by atoms with Crippen LogP contribution in [0, 0.1) is 13.8 Å². The minimum absolute atomic E-state index is 0.970. The van der Waals surface area contributed by atoms with Crippen molar-refractivity contribution in [2.24, 2.45) is 0 Å². The Balaban J connectivity index is 1.53. The average molecular weight is 413 g/mol. The van der Waals surface area contributed by atoms with E-state index in [4.69, 9.17) is 8.83 Å². The molecule has 0 aliphatic rings. The van der Waals surface area contributed by atoms with Gasteiger partial charge in [0.25, 0.3) is 0 Å². The summed E-state index contributed by atoms with van der Waals surface area (Å²) in [6, 6.07) is 8.79. The molecule has 6 rings (SSSR count). The van der Waals surface area contributed by atoms with Crippen LogP contribution in [-0.4, -0.2) is 0 Å². The molecule has 6 aromatic heterocycles. The van der Waals surface area contributed by atoms with E-state index >= 15 is 0 Å². The molecule has 0 bridgehead atoms. The average Bonchev–Trinajstić information content (AvgIpc) is 3.36. The van der Waals surface area contributed by atoms with E-state index in [0.717, 1.165) is 11.5 Å². The molecule has 0 atom stereocenters. The second-order valence-electron chi connectivity index (χ2n) is 6.46. The van der Waals surface area contributed by atoms with E-state index in [1.54, 1.807) is 0 Å². The van der Waals surface area contributed by atoms with E-state index in [-0.39, 0.29) is 0 Å². The molecule has 2 nitrogen and oxygen atoms in total. The minimum Gasteiger partial charge on any atom is -0.463 e. The summed E-state index contributed by atoms with van der Waals surface area (Å²) in [6.07, 6.45) is 3.63. The van der Waals surface area contributed by atoms with Crippen molar-refractivity contribution in [3.8, 4) is 21.3 Å². The molecule has 0 N–H and O–H groups in total. The van der Waals surface area contributed by atoms with Crippen molar-refractivity contribution in [1.82, 2.24) is 0 Å². The number of furan rings is 2. The molecule has 6 aromatic rings. The molecular weight excluding hydrogens is 400 g/mol. The van der Waals surface area contributed by atoms with Crippen LogP contribution in [0.5, 0.6) is 0 Å². The summed E-state index contributed by atoms with van der Waals surface area (Å²) in [5, 5.41) is 2.73. The number of rotatable bonds is 2. The second-order valence-corrected chi connectivity index (χ2v) is 11.1. The smallest absolute Gasteiger partial charge is 0.144 e. The van der Waals surface area contributed by atoms with Crippen LogP contribution in [0.2, 0.25) is 0 Å². The topological polar surface area (TPSA) is 26.3 Å². The largest absolute Gasteiger partial charge is 0.463 e. The van der Waals surface area contributed by atoms with Gasteiger partial charge in [0.05, 0.1) is 39.7 Å². The fourth-order valence-corrected chi connectivity index (χ4v) is 8.66. The molecule has 0 saturated carbocycles. The lowest BCUT2D eigenvalue weighted by Gasteiger charge is -1.88. The Morgan fingerprint density at radius 3 is 1.46 bits per heavy atom. The predicted molar refractivity (Wildman–Crippen MR) is 115 cm³/mol. The molecule has 0 fully saturated rings. The van der Waals surface area contributed by atoms with Gasteiger partial charge in [-0.15, -0.1) is 45.3 Å². The fraction of sp³-hybridized carbons (Fsp3) is 0.100. The van der Waals surface area contributed by atoms with Crippen molar-refractivity contribution in [2.45, 2.75) is 13.8 Å². The van der Waals surface area contributed by atoms with Crippen molar-refractivity contribution in [3.05, 3.63) is 47.9 Å². The Hall–Kier alpha value is -1.86. The number of fused-ring (bicyclic) bond motifs is 5. The highest BCUT2D eigenvalue weighted by atomic mass is 32.2. The summed E-state index contributed by atoms with van der Waals surface area (Å²) in [5.74, 6) is 1.94. The predicted octanol–water partition coefficient (Wildman–Crippen LogP) is 8.53. The van der Waals surface area contributed by atoms with Crippen LogP contribution >= 0.6 is 45.3 Å². The van der Waals surface area contributed by atoms with Crippen molar-refractivity contribution in [1.29, 1.82) is 0 Å². The second kappa shape index (κ2) is 5.33. The molecule has 26 heavy (non-hydrogen) atoms. The van der Waals surface area contributed by atoms with E-state index in [9.17, 15) is 0 Å². The first kappa shape index (κ1) is 15.2. The Kier molecular flexibility index (Phi) is 3.12. The summed E-state index contributed by atoms with van der Waals surface area (Å²) < 4.78 is 16.9. The molecule has 0 saturated heterocycles. The van der Waals surface area contributed by atoms with Gasteiger partial charge >= 0.3 is 0 Å². The molecule has 6 heteroatoms. The van der Waals surface area contributed by atoms with Gasteiger partial charge in [0, 0.05) is 10.8 Å². The van der Waals surface area contributed by atoms with Crippen LogP contribution < -0.4 is 0 Å². The molecule has 0 radical (unpaired) electrons. The van der Waals surface area contributed by atoms with Gasteiger partial charge in [0.1, 0.15) is 11.5 Å². The summed E-state index contributed by atoms with van der Waals surface area (Å²) in [7, 11) is 0. The number of aryl methyl sites for hydroxylation is 2. The van der Waals surface area contributed by atoms with Gasteiger partial charge in [-0.05, 0) is 49.2 Å². The lowest BCUT2D eigenvalue weighted by Crippen LogP contribution is -1.62. The zero-order chi connectivity index (χ0) is 17.4. The zero-order valence-electron chi connectivity index (χ0n) is 13.9. The minimum atomic E-state index is 0.970. The van der Waals surface area contributed by atoms with Gasteiger partial charge in [0.2, 0.25) is 0 Å². The molecule has 0 aliphatic heterocycles. The standard InChI is InChI=1S/C20H12O2S4/c1-9-3-13(21-7-9)15-5-11-17-18(25-19(11)23-15)12-6-16(24-20(12)26-17)14-4-10(2)8-22-14/h3-8H,1-2H3. The van der Waals surface area contributed by atoms with Gasteiger partial charge < -0.3 is 8.83 Å². The lowest BCUT2D eigenvalue weighted by molar-refractivity contribution is 0.581. The Labute approximate surface area is 164 Å².